The summed E-state index contributed by atoms with van der Waals surface area (Å²) in [5.41, 5.74) is 1.61. The number of amides is 1. The second kappa shape index (κ2) is 9.12. The minimum atomic E-state index is -0.362. The molecule has 28 heavy (non-hydrogen) atoms. The van der Waals surface area contributed by atoms with E-state index >= 15 is 0 Å². The van der Waals surface area contributed by atoms with Crippen molar-refractivity contribution < 1.29 is 9.53 Å². The number of hydrogen-bond donors (Lipinski definition) is 1. The predicted molar refractivity (Wildman–Crippen MR) is 113 cm³/mol. The Morgan fingerprint density at radius 1 is 1.25 bits per heavy atom. The van der Waals surface area contributed by atoms with Gasteiger partial charge in [0, 0.05) is 17.8 Å². The van der Waals surface area contributed by atoms with Crippen molar-refractivity contribution in [1.82, 2.24) is 14.8 Å². The van der Waals surface area contributed by atoms with Crippen molar-refractivity contribution in [3.05, 3.63) is 53.6 Å². The zero-order chi connectivity index (χ0) is 20.1. The number of carbonyl (C=O) groups excluding carboxylic acids is 1. The Balaban J connectivity index is 1.72. The third-order valence-electron chi connectivity index (χ3n) is 4.14. The number of anilines is 1. The normalized spacial score (nSPS) is 11.9. The van der Waals surface area contributed by atoms with E-state index in [4.69, 9.17) is 16.3 Å². The molecule has 1 aromatic heterocycles. The summed E-state index contributed by atoms with van der Waals surface area (Å²) in [6, 6.07) is 15.0. The molecule has 0 unspecified atom stereocenters. The Morgan fingerprint density at radius 2 is 2.00 bits per heavy atom. The van der Waals surface area contributed by atoms with E-state index in [9.17, 15) is 4.79 Å². The second-order valence-electron chi connectivity index (χ2n) is 6.02. The zero-order valence-electron chi connectivity index (χ0n) is 15.8. The number of nitrogens with zero attached hydrogens (tertiary/aromatic N) is 3. The minimum absolute atomic E-state index is 0.141. The van der Waals surface area contributed by atoms with E-state index in [1.165, 1.54) is 11.8 Å². The topological polar surface area (TPSA) is 69.0 Å². The molecular weight excluding hydrogens is 396 g/mol. The Morgan fingerprint density at radius 3 is 2.64 bits per heavy atom. The lowest BCUT2D eigenvalue weighted by Crippen LogP contribution is -2.23. The molecule has 0 saturated heterocycles. The summed E-state index contributed by atoms with van der Waals surface area (Å²) in [7, 11) is 1.55. The van der Waals surface area contributed by atoms with Crippen molar-refractivity contribution in [2.24, 2.45) is 0 Å². The molecule has 0 aliphatic rings. The molecule has 2 aromatic carbocycles. The number of halogens is 1. The van der Waals surface area contributed by atoms with Crippen LogP contribution in [0.25, 0.3) is 11.4 Å². The van der Waals surface area contributed by atoms with Gasteiger partial charge in [0.05, 0.1) is 17.4 Å². The van der Waals surface area contributed by atoms with Crippen molar-refractivity contribution in [1.29, 1.82) is 0 Å². The van der Waals surface area contributed by atoms with E-state index in [2.05, 4.69) is 15.5 Å². The van der Waals surface area contributed by atoms with Crippen molar-refractivity contribution in [3.63, 3.8) is 0 Å². The van der Waals surface area contributed by atoms with Gasteiger partial charge in [-0.2, -0.15) is 0 Å². The van der Waals surface area contributed by atoms with Crippen LogP contribution in [0.4, 0.5) is 5.69 Å². The highest BCUT2D eigenvalue weighted by atomic mass is 35.5. The van der Waals surface area contributed by atoms with E-state index in [1.807, 2.05) is 48.7 Å². The van der Waals surface area contributed by atoms with Crippen LogP contribution in [0.3, 0.4) is 0 Å². The smallest absolute Gasteiger partial charge is 0.237 e. The van der Waals surface area contributed by atoms with Gasteiger partial charge < -0.3 is 14.6 Å². The van der Waals surface area contributed by atoms with Crippen LogP contribution in [0.2, 0.25) is 5.02 Å². The van der Waals surface area contributed by atoms with E-state index < -0.39 is 0 Å². The number of methoxy groups -OCH3 is 1. The van der Waals surface area contributed by atoms with Crippen LogP contribution in [0.1, 0.15) is 13.8 Å². The van der Waals surface area contributed by atoms with Crippen LogP contribution < -0.4 is 10.1 Å². The predicted octanol–water partition coefficient (Wildman–Crippen LogP) is 4.75. The molecule has 6 nitrogen and oxygen atoms in total. The van der Waals surface area contributed by atoms with Gasteiger partial charge in [-0.3, -0.25) is 4.79 Å². The SMILES string of the molecule is CCn1c(S[C@H](C)C(=O)Nc2ccc(OC)c(Cl)c2)nnc1-c1ccccc1. The summed E-state index contributed by atoms with van der Waals surface area (Å²) in [5, 5.41) is 12.3. The number of thioether (sulfide) groups is 1. The molecule has 3 rings (SSSR count). The Hall–Kier alpha value is -2.51. The summed E-state index contributed by atoms with van der Waals surface area (Å²) in [5.74, 6) is 1.21. The van der Waals surface area contributed by atoms with E-state index in [0.29, 0.717) is 28.2 Å². The summed E-state index contributed by atoms with van der Waals surface area (Å²) >= 11 is 7.49. The van der Waals surface area contributed by atoms with Gasteiger partial charge in [0.2, 0.25) is 5.91 Å². The van der Waals surface area contributed by atoms with Crippen LogP contribution in [0, 0.1) is 0 Å². The molecule has 146 valence electrons. The second-order valence-corrected chi connectivity index (χ2v) is 7.73. The largest absolute Gasteiger partial charge is 0.495 e. The number of benzene rings is 2. The maximum Gasteiger partial charge on any atom is 0.237 e. The first-order chi connectivity index (χ1) is 13.5. The van der Waals surface area contributed by atoms with Crippen LogP contribution >= 0.6 is 23.4 Å². The van der Waals surface area contributed by atoms with Gasteiger partial charge in [-0.15, -0.1) is 10.2 Å². The lowest BCUT2D eigenvalue weighted by Gasteiger charge is -2.13. The maximum atomic E-state index is 12.6. The zero-order valence-corrected chi connectivity index (χ0v) is 17.4. The number of hydrogen-bond acceptors (Lipinski definition) is 5. The third-order valence-corrected chi connectivity index (χ3v) is 5.51. The van der Waals surface area contributed by atoms with Gasteiger partial charge in [0.15, 0.2) is 11.0 Å². The summed E-state index contributed by atoms with van der Waals surface area (Å²) in [6.45, 7) is 4.58. The van der Waals surface area contributed by atoms with Gasteiger partial charge in [-0.25, -0.2) is 0 Å². The fraction of sp³-hybridized carbons (Fsp3) is 0.250. The maximum absolute atomic E-state index is 12.6. The van der Waals surface area contributed by atoms with Crippen molar-refractivity contribution in [2.45, 2.75) is 30.8 Å². The summed E-state index contributed by atoms with van der Waals surface area (Å²) in [6.07, 6.45) is 0. The first-order valence-corrected chi connectivity index (χ1v) is 10.1. The molecule has 3 aromatic rings. The molecule has 0 spiro atoms. The average molecular weight is 417 g/mol. The standard InChI is InChI=1S/C20H21ClN4O2S/c1-4-25-18(14-8-6-5-7-9-14)23-24-20(25)28-13(2)19(26)22-15-10-11-17(27-3)16(21)12-15/h5-13H,4H2,1-3H3,(H,22,26)/t13-/m1/s1. The lowest BCUT2D eigenvalue weighted by atomic mass is 10.2. The monoisotopic (exact) mass is 416 g/mol. The van der Waals surface area contributed by atoms with Gasteiger partial charge in [-0.1, -0.05) is 53.7 Å². The van der Waals surface area contributed by atoms with Gasteiger partial charge >= 0.3 is 0 Å². The first kappa shape index (κ1) is 20.2. The molecule has 1 heterocycles. The average Bonchev–Trinajstić information content (AvgIpc) is 3.11. The molecule has 1 amide bonds. The molecule has 8 heteroatoms. The molecule has 0 fully saturated rings. The Bertz CT molecular complexity index is 962. The number of ether oxygens (including phenoxy) is 1. The summed E-state index contributed by atoms with van der Waals surface area (Å²) < 4.78 is 7.14. The van der Waals surface area contributed by atoms with Crippen LogP contribution in [-0.2, 0) is 11.3 Å². The van der Waals surface area contributed by atoms with E-state index in [-0.39, 0.29) is 11.2 Å². The minimum Gasteiger partial charge on any atom is -0.495 e. The van der Waals surface area contributed by atoms with Crippen LogP contribution in [0.5, 0.6) is 5.75 Å². The van der Waals surface area contributed by atoms with Gasteiger partial charge in [0.25, 0.3) is 0 Å². The molecule has 1 atom stereocenters. The molecule has 1 N–H and O–H groups in total. The highest BCUT2D eigenvalue weighted by molar-refractivity contribution is 8.00. The quantitative estimate of drug-likeness (QED) is 0.563. The Labute approximate surface area is 173 Å². The number of aromatic nitrogens is 3. The molecular formula is C20H21ClN4O2S. The molecule has 0 radical (unpaired) electrons. The number of nitrogens with one attached hydrogen (secondary N) is 1. The highest BCUT2D eigenvalue weighted by Gasteiger charge is 2.20. The number of rotatable bonds is 7. The van der Waals surface area contributed by atoms with Crippen LogP contribution in [-0.4, -0.2) is 33.0 Å². The fourth-order valence-corrected chi connectivity index (χ4v) is 3.83. The third kappa shape index (κ3) is 4.48. The highest BCUT2D eigenvalue weighted by Crippen LogP contribution is 2.29. The van der Waals surface area contributed by atoms with Gasteiger partial charge in [-0.05, 0) is 32.0 Å². The molecule has 0 bridgehead atoms. The first-order valence-electron chi connectivity index (χ1n) is 8.83. The molecule has 0 saturated carbocycles. The summed E-state index contributed by atoms with van der Waals surface area (Å²) in [4.78, 5) is 12.6. The van der Waals surface area contributed by atoms with Crippen molar-refractivity contribution >= 4 is 35.0 Å². The number of carbonyl (C=O) groups is 1. The van der Waals surface area contributed by atoms with Crippen LogP contribution in [0.15, 0.2) is 53.7 Å². The van der Waals surface area contributed by atoms with Gasteiger partial charge in [0.1, 0.15) is 5.75 Å². The fourth-order valence-electron chi connectivity index (χ4n) is 2.66. The molecule has 0 aliphatic carbocycles. The van der Waals surface area contributed by atoms with Crippen molar-refractivity contribution in [2.75, 3.05) is 12.4 Å². The lowest BCUT2D eigenvalue weighted by molar-refractivity contribution is -0.115. The van der Waals surface area contributed by atoms with E-state index in [0.717, 1.165) is 11.4 Å². The Kier molecular flexibility index (Phi) is 6.59. The molecule has 0 aliphatic heterocycles. The van der Waals surface area contributed by atoms with E-state index in [1.54, 1.807) is 25.3 Å². The van der Waals surface area contributed by atoms with Crippen molar-refractivity contribution in [3.8, 4) is 17.1 Å².